The van der Waals surface area contributed by atoms with Crippen LogP contribution in [0.5, 0.6) is 0 Å². The molecule has 5 heteroatoms. The van der Waals surface area contributed by atoms with Gasteiger partial charge in [-0.2, -0.15) is 0 Å². The fourth-order valence-electron chi connectivity index (χ4n) is 1.94. The topological polar surface area (TPSA) is 46.0 Å². The van der Waals surface area contributed by atoms with Gasteiger partial charge < -0.3 is 4.42 Å². The van der Waals surface area contributed by atoms with Gasteiger partial charge >= 0.3 is 5.76 Å². The highest BCUT2D eigenvalue weighted by atomic mass is 79.9. The molecule has 0 aliphatic rings. The van der Waals surface area contributed by atoms with Crippen LogP contribution in [0.25, 0.3) is 11.1 Å². The highest BCUT2D eigenvalue weighted by molar-refractivity contribution is 9.09. The molecule has 1 aromatic heterocycles. The van der Waals surface area contributed by atoms with Crippen molar-refractivity contribution in [2.75, 3.05) is 0 Å². The maximum absolute atomic E-state index is 11.1. The van der Waals surface area contributed by atoms with Gasteiger partial charge in [-0.25, -0.2) is 4.79 Å². The van der Waals surface area contributed by atoms with Crippen LogP contribution in [0, 0.1) is 0 Å². The number of halogens is 2. The number of hydrogen-bond acceptors (Lipinski definition) is 2. The fraction of sp³-hybridized carbons (Fsp3) is 0.0714. The molecule has 0 radical (unpaired) electrons. The summed E-state index contributed by atoms with van der Waals surface area (Å²) in [6.07, 6.45) is 0. The molecule has 0 saturated carbocycles. The normalized spacial score (nSPS) is 12.7. The van der Waals surface area contributed by atoms with E-state index in [1.807, 2.05) is 42.5 Å². The highest BCUT2D eigenvalue weighted by Gasteiger charge is 2.12. The van der Waals surface area contributed by atoms with Crippen molar-refractivity contribution in [2.24, 2.45) is 0 Å². The Hall–Kier alpha value is -1.52. The van der Waals surface area contributed by atoms with Crippen LogP contribution in [0.3, 0.4) is 0 Å². The van der Waals surface area contributed by atoms with Gasteiger partial charge in [-0.1, -0.05) is 45.7 Å². The van der Waals surface area contributed by atoms with Gasteiger partial charge in [0.15, 0.2) is 5.58 Å². The molecule has 3 nitrogen and oxygen atoms in total. The standard InChI is InChI=1S/C14H9BrClNO2/c15-13(8-1-4-10(16)5-2-8)9-3-6-11-12(7-9)19-14(18)17-11/h1-7,13H,(H,17,18). The Bertz CT molecular complexity index is 776. The average molecular weight is 339 g/mol. The molecule has 0 saturated heterocycles. The number of rotatable bonds is 2. The zero-order valence-electron chi connectivity index (χ0n) is 9.69. The Morgan fingerprint density at radius 1 is 1.11 bits per heavy atom. The SMILES string of the molecule is O=c1[nH]c2ccc(C(Br)c3ccc(Cl)cc3)cc2o1. The Morgan fingerprint density at radius 3 is 2.53 bits per heavy atom. The summed E-state index contributed by atoms with van der Waals surface area (Å²) in [5.74, 6) is -0.440. The lowest BCUT2D eigenvalue weighted by atomic mass is 10.0. The van der Waals surface area contributed by atoms with Crippen molar-refractivity contribution in [3.63, 3.8) is 0 Å². The lowest BCUT2D eigenvalue weighted by molar-refractivity contribution is 0.555. The first-order valence-electron chi connectivity index (χ1n) is 5.66. The van der Waals surface area contributed by atoms with Crippen molar-refractivity contribution in [3.05, 3.63) is 69.2 Å². The highest BCUT2D eigenvalue weighted by Crippen LogP contribution is 2.32. The first-order valence-corrected chi connectivity index (χ1v) is 6.95. The summed E-state index contributed by atoms with van der Waals surface area (Å²) in [4.78, 5) is 13.8. The molecule has 0 fully saturated rings. The zero-order valence-corrected chi connectivity index (χ0v) is 12.0. The van der Waals surface area contributed by atoms with Crippen molar-refractivity contribution in [3.8, 4) is 0 Å². The second-order valence-corrected chi connectivity index (χ2v) is 5.54. The number of benzene rings is 2. The Morgan fingerprint density at radius 2 is 1.79 bits per heavy atom. The van der Waals surface area contributed by atoms with Gasteiger partial charge in [0.25, 0.3) is 0 Å². The quantitative estimate of drug-likeness (QED) is 0.710. The molecule has 0 bridgehead atoms. The van der Waals surface area contributed by atoms with E-state index in [-0.39, 0.29) is 4.83 Å². The monoisotopic (exact) mass is 337 g/mol. The fourth-order valence-corrected chi connectivity index (χ4v) is 2.66. The third-order valence-corrected chi connectivity index (χ3v) is 4.21. The van der Waals surface area contributed by atoms with Crippen LogP contribution in [0.15, 0.2) is 51.7 Å². The molecule has 0 amide bonds. The first kappa shape index (κ1) is 12.5. The van der Waals surface area contributed by atoms with E-state index < -0.39 is 5.76 Å². The van der Waals surface area contributed by atoms with Gasteiger partial charge in [0.1, 0.15) is 0 Å². The van der Waals surface area contributed by atoms with Crippen molar-refractivity contribution >= 4 is 38.6 Å². The van der Waals surface area contributed by atoms with Crippen LogP contribution in [0.1, 0.15) is 16.0 Å². The Labute approximate surface area is 122 Å². The van der Waals surface area contributed by atoms with Gasteiger partial charge in [0.05, 0.1) is 10.3 Å². The second-order valence-electron chi connectivity index (χ2n) is 4.18. The van der Waals surface area contributed by atoms with Crippen LogP contribution < -0.4 is 5.76 Å². The van der Waals surface area contributed by atoms with Gasteiger partial charge in [-0.05, 0) is 35.4 Å². The minimum absolute atomic E-state index is 0.0226. The van der Waals surface area contributed by atoms with Gasteiger partial charge in [0.2, 0.25) is 0 Å². The van der Waals surface area contributed by atoms with E-state index in [2.05, 4.69) is 20.9 Å². The summed E-state index contributed by atoms with van der Waals surface area (Å²) in [7, 11) is 0. The molecule has 3 rings (SSSR count). The molecule has 1 atom stereocenters. The molecule has 19 heavy (non-hydrogen) atoms. The van der Waals surface area contributed by atoms with E-state index in [1.165, 1.54) is 0 Å². The summed E-state index contributed by atoms with van der Waals surface area (Å²) in [6.45, 7) is 0. The first-order chi connectivity index (χ1) is 9.13. The van der Waals surface area contributed by atoms with Gasteiger partial charge in [0, 0.05) is 5.02 Å². The van der Waals surface area contributed by atoms with Crippen LogP contribution in [-0.4, -0.2) is 4.98 Å². The minimum atomic E-state index is -0.440. The maximum Gasteiger partial charge on any atom is 0.417 e. The second kappa shape index (κ2) is 4.87. The van der Waals surface area contributed by atoms with Crippen molar-refractivity contribution in [1.29, 1.82) is 0 Å². The van der Waals surface area contributed by atoms with Crippen molar-refractivity contribution < 1.29 is 4.42 Å². The van der Waals surface area contributed by atoms with E-state index in [0.717, 1.165) is 11.1 Å². The molecule has 1 heterocycles. The Balaban J connectivity index is 2.03. The van der Waals surface area contributed by atoms with Crippen LogP contribution >= 0.6 is 27.5 Å². The number of fused-ring (bicyclic) bond motifs is 1. The maximum atomic E-state index is 11.1. The lowest BCUT2D eigenvalue weighted by Gasteiger charge is -2.10. The summed E-state index contributed by atoms with van der Waals surface area (Å²) < 4.78 is 5.06. The number of aromatic nitrogens is 1. The molecule has 0 spiro atoms. The van der Waals surface area contributed by atoms with E-state index in [1.54, 1.807) is 0 Å². The van der Waals surface area contributed by atoms with Crippen molar-refractivity contribution in [2.45, 2.75) is 4.83 Å². The largest absolute Gasteiger partial charge is 0.417 e. The number of nitrogens with one attached hydrogen (secondary N) is 1. The van der Waals surface area contributed by atoms with Crippen LogP contribution in [0.2, 0.25) is 5.02 Å². The number of H-pyrrole nitrogens is 1. The molecule has 3 aromatic rings. The lowest BCUT2D eigenvalue weighted by Crippen LogP contribution is -1.92. The summed E-state index contributed by atoms with van der Waals surface area (Å²) in [5.41, 5.74) is 3.35. The molecule has 0 aliphatic carbocycles. The smallest absolute Gasteiger partial charge is 0.408 e. The molecule has 1 N–H and O–H groups in total. The number of hydrogen-bond donors (Lipinski definition) is 1. The van der Waals surface area contributed by atoms with Gasteiger partial charge in [-0.3, -0.25) is 4.98 Å². The summed E-state index contributed by atoms with van der Waals surface area (Å²) >= 11 is 9.51. The molecular weight excluding hydrogens is 330 g/mol. The molecule has 0 aliphatic heterocycles. The van der Waals surface area contributed by atoms with E-state index >= 15 is 0 Å². The predicted octanol–water partition coefficient (Wildman–Crippen LogP) is 4.26. The number of alkyl halides is 1. The molecule has 1 unspecified atom stereocenters. The zero-order chi connectivity index (χ0) is 13.4. The average Bonchev–Trinajstić information content (AvgIpc) is 2.77. The van der Waals surface area contributed by atoms with E-state index in [9.17, 15) is 4.79 Å². The molecule has 96 valence electrons. The summed E-state index contributed by atoms with van der Waals surface area (Å²) in [6, 6.07) is 13.2. The number of aromatic amines is 1. The number of oxazole rings is 1. The summed E-state index contributed by atoms with van der Waals surface area (Å²) in [5, 5.41) is 0.704. The minimum Gasteiger partial charge on any atom is -0.408 e. The predicted molar refractivity (Wildman–Crippen MR) is 79.1 cm³/mol. The molecular formula is C14H9BrClNO2. The van der Waals surface area contributed by atoms with Crippen LogP contribution in [0.4, 0.5) is 0 Å². The van der Waals surface area contributed by atoms with Crippen LogP contribution in [-0.2, 0) is 0 Å². The third kappa shape index (κ3) is 2.46. The molecule has 2 aromatic carbocycles. The van der Waals surface area contributed by atoms with E-state index in [4.69, 9.17) is 16.0 Å². The van der Waals surface area contributed by atoms with Crippen molar-refractivity contribution in [1.82, 2.24) is 4.98 Å². The Kier molecular flexibility index (Phi) is 3.21. The van der Waals surface area contributed by atoms with Gasteiger partial charge in [-0.15, -0.1) is 0 Å². The van der Waals surface area contributed by atoms with E-state index in [0.29, 0.717) is 16.1 Å². The third-order valence-electron chi connectivity index (χ3n) is 2.90.